The summed E-state index contributed by atoms with van der Waals surface area (Å²) in [4.78, 5) is 12.9. The van der Waals surface area contributed by atoms with Crippen molar-refractivity contribution in [3.63, 3.8) is 0 Å². The first-order valence-corrected chi connectivity index (χ1v) is 8.98. The van der Waals surface area contributed by atoms with E-state index in [0.717, 1.165) is 31.2 Å². The maximum absolute atomic E-state index is 12.9. The Kier molecular flexibility index (Phi) is 4.55. The molecule has 5 nitrogen and oxygen atoms in total. The third-order valence-corrected chi connectivity index (χ3v) is 5.17. The number of carbonyl (C=O) groups excluding carboxylic acids is 1. The van der Waals surface area contributed by atoms with Crippen LogP contribution in [0.2, 0.25) is 5.02 Å². The first-order valence-electron chi connectivity index (χ1n) is 8.60. The van der Waals surface area contributed by atoms with Gasteiger partial charge in [0.1, 0.15) is 12.3 Å². The standard InChI is InChI=1S/C20H18ClNO4/c21-15-7-5-14(6-8-15)20(9-1-2-10-20)19(23)25-13-16-12-18(26-22-16)17-4-3-11-24-17/h3-8,11-12H,1-2,9-10,13H2. The maximum atomic E-state index is 12.9. The average molecular weight is 372 g/mol. The van der Waals surface area contributed by atoms with Crippen LogP contribution in [0.1, 0.15) is 36.9 Å². The van der Waals surface area contributed by atoms with E-state index >= 15 is 0 Å². The van der Waals surface area contributed by atoms with Crippen LogP contribution in [0.3, 0.4) is 0 Å². The smallest absolute Gasteiger partial charge is 0.316 e. The molecule has 0 unspecified atom stereocenters. The van der Waals surface area contributed by atoms with Crippen molar-refractivity contribution in [1.82, 2.24) is 5.16 Å². The van der Waals surface area contributed by atoms with E-state index in [1.165, 1.54) is 0 Å². The molecule has 3 aromatic rings. The van der Waals surface area contributed by atoms with Crippen LogP contribution in [-0.4, -0.2) is 11.1 Å². The molecule has 0 amide bonds. The van der Waals surface area contributed by atoms with Crippen LogP contribution in [0.5, 0.6) is 0 Å². The molecule has 1 aliphatic rings. The molecule has 0 N–H and O–H groups in total. The molecule has 134 valence electrons. The first-order chi connectivity index (χ1) is 12.7. The summed E-state index contributed by atoms with van der Waals surface area (Å²) in [6.07, 6.45) is 5.13. The molecular weight excluding hydrogens is 354 g/mol. The number of hydrogen-bond donors (Lipinski definition) is 0. The van der Waals surface area contributed by atoms with Gasteiger partial charge in [0.25, 0.3) is 0 Å². The highest BCUT2D eigenvalue weighted by molar-refractivity contribution is 6.30. The molecule has 2 aromatic heterocycles. The molecule has 26 heavy (non-hydrogen) atoms. The zero-order chi connectivity index (χ0) is 18.0. The number of halogens is 1. The van der Waals surface area contributed by atoms with Crippen LogP contribution in [0.4, 0.5) is 0 Å². The van der Waals surface area contributed by atoms with Crippen LogP contribution in [-0.2, 0) is 21.6 Å². The Bertz CT molecular complexity index is 877. The van der Waals surface area contributed by atoms with Crippen molar-refractivity contribution in [3.05, 3.63) is 65.0 Å². The second-order valence-electron chi connectivity index (χ2n) is 6.53. The Balaban J connectivity index is 1.48. The van der Waals surface area contributed by atoms with Crippen molar-refractivity contribution < 1.29 is 18.5 Å². The number of hydrogen-bond acceptors (Lipinski definition) is 5. The Morgan fingerprint density at radius 1 is 1.15 bits per heavy atom. The van der Waals surface area contributed by atoms with Gasteiger partial charge in [-0.2, -0.15) is 0 Å². The summed E-state index contributed by atoms with van der Waals surface area (Å²) in [6, 6.07) is 12.7. The van der Waals surface area contributed by atoms with Gasteiger partial charge in [0.05, 0.1) is 11.7 Å². The molecule has 0 aliphatic heterocycles. The highest BCUT2D eigenvalue weighted by atomic mass is 35.5. The Labute approximate surface area is 155 Å². The first kappa shape index (κ1) is 16.9. The SMILES string of the molecule is O=C(OCc1cc(-c2ccco2)on1)C1(c2ccc(Cl)cc2)CCCC1. The van der Waals surface area contributed by atoms with Crippen molar-refractivity contribution in [3.8, 4) is 11.5 Å². The van der Waals surface area contributed by atoms with Crippen molar-refractivity contribution in [1.29, 1.82) is 0 Å². The van der Waals surface area contributed by atoms with Gasteiger partial charge in [0.15, 0.2) is 5.76 Å². The van der Waals surface area contributed by atoms with E-state index in [2.05, 4.69) is 5.16 Å². The lowest BCUT2D eigenvalue weighted by atomic mass is 9.79. The van der Waals surface area contributed by atoms with Crippen LogP contribution in [0.25, 0.3) is 11.5 Å². The molecule has 1 aromatic carbocycles. The molecule has 0 radical (unpaired) electrons. The number of benzene rings is 1. The van der Waals surface area contributed by atoms with E-state index in [9.17, 15) is 4.79 Å². The van der Waals surface area contributed by atoms with Gasteiger partial charge in [0, 0.05) is 11.1 Å². The second kappa shape index (κ2) is 7.00. The minimum absolute atomic E-state index is 0.0678. The normalized spacial score (nSPS) is 15.9. The zero-order valence-electron chi connectivity index (χ0n) is 14.1. The Morgan fingerprint density at radius 3 is 2.62 bits per heavy atom. The summed E-state index contributed by atoms with van der Waals surface area (Å²) >= 11 is 5.99. The van der Waals surface area contributed by atoms with Gasteiger partial charge < -0.3 is 13.7 Å². The van der Waals surface area contributed by atoms with Crippen molar-refractivity contribution >= 4 is 17.6 Å². The molecule has 4 rings (SSSR count). The van der Waals surface area contributed by atoms with Gasteiger partial charge >= 0.3 is 5.97 Å². The summed E-state index contributed by atoms with van der Waals surface area (Å²) in [5, 5.41) is 4.60. The third-order valence-electron chi connectivity index (χ3n) is 4.92. The molecule has 1 aliphatic carbocycles. The van der Waals surface area contributed by atoms with Gasteiger partial charge in [-0.05, 0) is 42.7 Å². The maximum Gasteiger partial charge on any atom is 0.316 e. The quantitative estimate of drug-likeness (QED) is 0.581. The average Bonchev–Trinajstić information content (AvgIpc) is 3.41. The highest BCUT2D eigenvalue weighted by Crippen LogP contribution is 2.42. The molecule has 0 atom stereocenters. The fourth-order valence-electron chi connectivity index (χ4n) is 3.55. The van der Waals surface area contributed by atoms with E-state index in [1.807, 2.05) is 24.3 Å². The molecular formula is C20H18ClNO4. The Hall–Kier alpha value is -2.53. The molecule has 0 saturated heterocycles. The predicted octanol–water partition coefficient (Wildman–Crippen LogP) is 5.14. The van der Waals surface area contributed by atoms with Crippen molar-refractivity contribution in [2.24, 2.45) is 0 Å². The van der Waals surface area contributed by atoms with Crippen LogP contribution >= 0.6 is 11.6 Å². The van der Waals surface area contributed by atoms with Gasteiger partial charge in [-0.1, -0.05) is 41.7 Å². The number of ether oxygens (including phenoxy) is 1. The lowest BCUT2D eigenvalue weighted by molar-refractivity contribution is -0.152. The lowest BCUT2D eigenvalue weighted by Crippen LogP contribution is -2.34. The fourth-order valence-corrected chi connectivity index (χ4v) is 3.68. The molecule has 1 saturated carbocycles. The van der Waals surface area contributed by atoms with Gasteiger partial charge in [0.2, 0.25) is 5.76 Å². The van der Waals surface area contributed by atoms with Crippen LogP contribution in [0.15, 0.2) is 57.7 Å². The molecule has 2 heterocycles. The van der Waals surface area contributed by atoms with E-state index in [-0.39, 0.29) is 12.6 Å². The van der Waals surface area contributed by atoms with E-state index < -0.39 is 5.41 Å². The van der Waals surface area contributed by atoms with Crippen LogP contribution < -0.4 is 0 Å². The van der Waals surface area contributed by atoms with E-state index in [1.54, 1.807) is 24.5 Å². The monoisotopic (exact) mass is 371 g/mol. The van der Waals surface area contributed by atoms with E-state index in [4.69, 9.17) is 25.3 Å². The largest absolute Gasteiger partial charge is 0.461 e. The number of carbonyl (C=O) groups is 1. The minimum Gasteiger partial charge on any atom is -0.461 e. The third kappa shape index (κ3) is 3.15. The summed E-state index contributed by atoms with van der Waals surface area (Å²) in [6.45, 7) is 0.0678. The number of esters is 1. The van der Waals surface area contributed by atoms with Gasteiger partial charge in [-0.3, -0.25) is 4.79 Å². The highest BCUT2D eigenvalue weighted by Gasteiger charge is 2.44. The Morgan fingerprint density at radius 2 is 1.92 bits per heavy atom. The molecule has 0 spiro atoms. The van der Waals surface area contributed by atoms with E-state index in [0.29, 0.717) is 22.2 Å². The zero-order valence-corrected chi connectivity index (χ0v) is 14.9. The summed E-state index contributed by atoms with van der Waals surface area (Å²) in [5.41, 5.74) is 0.910. The fraction of sp³-hybridized carbons (Fsp3) is 0.300. The van der Waals surface area contributed by atoms with Gasteiger partial charge in [-0.15, -0.1) is 0 Å². The van der Waals surface area contributed by atoms with Gasteiger partial charge in [-0.25, -0.2) is 0 Å². The molecule has 6 heteroatoms. The topological polar surface area (TPSA) is 65.5 Å². The number of aromatic nitrogens is 1. The minimum atomic E-state index is -0.599. The molecule has 1 fully saturated rings. The molecule has 0 bridgehead atoms. The number of nitrogens with zero attached hydrogens (tertiary/aromatic N) is 1. The number of rotatable bonds is 5. The second-order valence-corrected chi connectivity index (χ2v) is 6.97. The summed E-state index contributed by atoms with van der Waals surface area (Å²) < 4.78 is 16.1. The van der Waals surface area contributed by atoms with Crippen molar-refractivity contribution in [2.75, 3.05) is 0 Å². The van der Waals surface area contributed by atoms with Crippen LogP contribution in [0, 0.1) is 0 Å². The predicted molar refractivity (Wildman–Crippen MR) is 95.6 cm³/mol. The summed E-state index contributed by atoms with van der Waals surface area (Å²) in [7, 11) is 0. The number of furan rings is 1. The van der Waals surface area contributed by atoms with Crippen molar-refractivity contribution in [2.45, 2.75) is 37.7 Å². The summed E-state index contributed by atoms with van der Waals surface area (Å²) in [5.74, 6) is 0.873. The lowest BCUT2D eigenvalue weighted by Gasteiger charge is -2.27.